The van der Waals surface area contributed by atoms with E-state index in [-0.39, 0.29) is 16.8 Å². The molecule has 31 heavy (non-hydrogen) atoms. The van der Waals surface area contributed by atoms with Crippen molar-refractivity contribution in [1.82, 2.24) is 9.21 Å². The summed E-state index contributed by atoms with van der Waals surface area (Å²) in [6, 6.07) is 14.0. The van der Waals surface area contributed by atoms with Crippen molar-refractivity contribution < 1.29 is 13.2 Å². The molecule has 1 fully saturated rings. The van der Waals surface area contributed by atoms with Crippen molar-refractivity contribution in [3.63, 3.8) is 0 Å². The fourth-order valence-electron chi connectivity index (χ4n) is 4.03. The molecule has 0 aromatic heterocycles. The highest BCUT2D eigenvalue weighted by Crippen LogP contribution is 2.27. The van der Waals surface area contributed by atoms with Crippen LogP contribution < -0.4 is 0 Å². The number of carbonyl (C=O) groups is 1. The third kappa shape index (κ3) is 4.81. The summed E-state index contributed by atoms with van der Waals surface area (Å²) in [4.78, 5) is 15.3. The largest absolute Gasteiger partial charge is 0.332 e. The Kier molecular flexibility index (Phi) is 7.14. The molecule has 1 heterocycles. The Morgan fingerprint density at radius 1 is 1.13 bits per heavy atom. The van der Waals surface area contributed by atoms with Gasteiger partial charge in [0.05, 0.1) is 22.6 Å². The standard InChI is InChI=1S/C24H29N3O3S/c1-4-27(19(3)21-12-9-20(17-25)10-13-21)24(28)22-11-8-18(2)23(16-22)31(29,30)26-14-6-5-7-15-26/h8-13,16,19H,4-7,14-15H2,1-3H3/t19-/m0/s1. The molecule has 2 aromatic rings. The zero-order valence-corrected chi connectivity index (χ0v) is 19.2. The number of rotatable bonds is 6. The summed E-state index contributed by atoms with van der Waals surface area (Å²) in [7, 11) is -3.63. The average Bonchev–Trinajstić information content (AvgIpc) is 2.80. The van der Waals surface area contributed by atoms with Gasteiger partial charge < -0.3 is 4.90 Å². The van der Waals surface area contributed by atoms with Crippen LogP contribution in [0.25, 0.3) is 0 Å². The summed E-state index contributed by atoms with van der Waals surface area (Å²) in [6.07, 6.45) is 2.77. The first-order chi connectivity index (χ1) is 14.8. The molecule has 0 saturated carbocycles. The Morgan fingerprint density at radius 2 is 1.77 bits per heavy atom. The summed E-state index contributed by atoms with van der Waals surface area (Å²) in [5.41, 5.74) is 2.49. The van der Waals surface area contributed by atoms with E-state index in [0.717, 1.165) is 24.8 Å². The van der Waals surface area contributed by atoms with E-state index in [0.29, 0.717) is 36.3 Å². The lowest BCUT2D eigenvalue weighted by atomic mass is 10.0. The molecule has 0 bridgehead atoms. The first-order valence-electron chi connectivity index (χ1n) is 10.7. The van der Waals surface area contributed by atoms with E-state index >= 15 is 0 Å². The molecule has 3 rings (SSSR count). The molecular formula is C24H29N3O3S. The molecule has 2 aromatic carbocycles. The van der Waals surface area contributed by atoms with Crippen LogP contribution in [-0.2, 0) is 10.0 Å². The summed E-state index contributed by atoms with van der Waals surface area (Å²) < 4.78 is 28.0. The number of carbonyl (C=O) groups excluding carboxylic acids is 1. The van der Waals surface area contributed by atoms with Gasteiger partial charge in [-0.15, -0.1) is 0 Å². The molecule has 0 aliphatic carbocycles. The van der Waals surface area contributed by atoms with Gasteiger partial charge in [0.25, 0.3) is 5.91 Å². The molecular weight excluding hydrogens is 410 g/mol. The van der Waals surface area contributed by atoms with Gasteiger partial charge in [0.1, 0.15) is 0 Å². The molecule has 0 spiro atoms. The van der Waals surface area contributed by atoms with E-state index in [2.05, 4.69) is 6.07 Å². The molecule has 164 valence electrons. The zero-order valence-electron chi connectivity index (χ0n) is 18.3. The first-order valence-corrected chi connectivity index (χ1v) is 12.2. The summed E-state index contributed by atoms with van der Waals surface area (Å²) in [6.45, 7) is 7.12. The SMILES string of the molecule is CCN(C(=O)c1ccc(C)c(S(=O)(=O)N2CCCCC2)c1)[C@@H](C)c1ccc(C#N)cc1. The third-order valence-corrected chi connectivity index (χ3v) is 8.00. The molecule has 0 N–H and O–H groups in total. The molecule has 1 aliphatic rings. The first kappa shape index (κ1) is 23.0. The van der Waals surface area contributed by atoms with Crippen LogP contribution in [0.1, 0.15) is 66.2 Å². The van der Waals surface area contributed by atoms with Gasteiger partial charge in [0.2, 0.25) is 10.0 Å². The number of nitriles is 1. The van der Waals surface area contributed by atoms with Gasteiger partial charge in [0.15, 0.2) is 0 Å². The minimum Gasteiger partial charge on any atom is -0.332 e. The van der Waals surface area contributed by atoms with E-state index < -0.39 is 10.0 Å². The van der Waals surface area contributed by atoms with Gasteiger partial charge >= 0.3 is 0 Å². The predicted octanol–water partition coefficient (Wildman–Crippen LogP) is 4.26. The van der Waals surface area contributed by atoms with Crippen molar-refractivity contribution in [3.05, 3.63) is 64.7 Å². The van der Waals surface area contributed by atoms with Gasteiger partial charge in [-0.1, -0.05) is 24.6 Å². The lowest BCUT2D eigenvalue weighted by Gasteiger charge is -2.29. The maximum Gasteiger partial charge on any atom is 0.254 e. The Hall–Kier alpha value is -2.69. The highest BCUT2D eigenvalue weighted by molar-refractivity contribution is 7.89. The van der Waals surface area contributed by atoms with Gasteiger partial charge in [0, 0.05) is 25.2 Å². The van der Waals surface area contributed by atoms with Crippen molar-refractivity contribution in [1.29, 1.82) is 5.26 Å². The van der Waals surface area contributed by atoms with Crippen LogP contribution in [0.15, 0.2) is 47.4 Å². The maximum atomic E-state index is 13.3. The van der Waals surface area contributed by atoms with Gasteiger partial charge in [-0.05, 0) is 69.0 Å². The molecule has 1 amide bonds. The second-order valence-electron chi connectivity index (χ2n) is 7.95. The van der Waals surface area contributed by atoms with E-state index in [1.165, 1.54) is 10.4 Å². The number of nitrogens with zero attached hydrogens (tertiary/aromatic N) is 3. The van der Waals surface area contributed by atoms with E-state index in [9.17, 15) is 13.2 Å². The second kappa shape index (κ2) is 9.63. The lowest BCUT2D eigenvalue weighted by Crippen LogP contribution is -2.36. The Morgan fingerprint density at radius 3 is 2.35 bits per heavy atom. The molecule has 6 nitrogen and oxygen atoms in total. The minimum atomic E-state index is -3.63. The topological polar surface area (TPSA) is 81.5 Å². The van der Waals surface area contributed by atoms with Gasteiger partial charge in [-0.25, -0.2) is 8.42 Å². The number of benzene rings is 2. The molecule has 7 heteroatoms. The number of sulfonamides is 1. The van der Waals surface area contributed by atoms with E-state index in [1.807, 2.05) is 26.0 Å². The number of piperidine rings is 1. The van der Waals surface area contributed by atoms with Crippen molar-refractivity contribution in [2.24, 2.45) is 0 Å². The van der Waals surface area contributed by atoms with Crippen LogP contribution in [0, 0.1) is 18.3 Å². The van der Waals surface area contributed by atoms with Crippen LogP contribution in [-0.4, -0.2) is 43.2 Å². The third-order valence-electron chi connectivity index (χ3n) is 5.96. The Labute approximate surface area is 185 Å². The highest BCUT2D eigenvalue weighted by atomic mass is 32.2. The Bertz CT molecular complexity index is 1080. The zero-order chi connectivity index (χ0) is 22.6. The van der Waals surface area contributed by atoms with Crippen molar-refractivity contribution in [3.8, 4) is 6.07 Å². The minimum absolute atomic E-state index is 0.210. The van der Waals surface area contributed by atoms with Crippen molar-refractivity contribution in [2.45, 2.75) is 51.0 Å². The summed E-state index contributed by atoms with van der Waals surface area (Å²) >= 11 is 0. The van der Waals surface area contributed by atoms with E-state index in [4.69, 9.17) is 5.26 Å². The fourth-order valence-corrected chi connectivity index (χ4v) is 5.80. The van der Waals surface area contributed by atoms with Crippen LogP contribution in [0.3, 0.4) is 0 Å². The van der Waals surface area contributed by atoms with Crippen LogP contribution >= 0.6 is 0 Å². The number of hydrogen-bond donors (Lipinski definition) is 0. The normalized spacial score (nSPS) is 15.8. The summed E-state index contributed by atoms with van der Waals surface area (Å²) in [5, 5.41) is 9.00. The number of aryl methyl sites for hydroxylation is 1. The predicted molar refractivity (Wildman–Crippen MR) is 120 cm³/mol. The molecule has 0 radical (unpaired) electrons. The van der Waals surface area contributed by atoms with Crippen LogP contribution in [0.2, 0.25) is 0 Å². The molecule has 1 aliphatic heterocycles. The lowest BCUT2D eigenvalue weighted by molar-refractivity contribution is 0.0702. The van der Waals surface area contributed by atoms with Crippen LogP contribution in [0.5, 0.6) is 0 Å². The van der Waals surface area contributed by atoms with Crippen molar-refractivity contribution in [2.75, 3.05) is 19.6 Å². The maximum absolute atomic E-state index is 13.3. The summed E-state index contributed by atoms with van der Waals surface area (Å²) in [5.74, 6) is -0.213. The number of amides is 1. The van der Waals surface area contributed by atoms with Gasteiger partial charge in [-0.3, -0.25) is 4.79 Å². The van der Waals surface area contributed by atoms with E-state index in [1.54, 1.807) is 36.1 Å². The monoisotopic (exact) mass is 439 g/mol. The molecule has 1 atom stereocenters. The quantitative estimate of drug-likeness (QED) is 0.673. The molecule has 1 saturated heterocycles. The fraction of sp³-hybridized carbons (Fsp3) is 0.417. The highest BCUT2D eigenvalue weighted by Gasteiger charge is 2.29. The molecule has 0 unspecified atom stereocenters. The second-order valence-corrected chi connectivity index (χ2v) is 9.85. The smallest absolute Gasteiger partial charge is 0.254 e. The van der Waals surface area contributed by atoms with Gasteiger partial charge in [-0.2, -0.15) is 9.57 Å². The average molecular weight is 440 g/mol. The number of hydrogen-bond acceptors (Lipinski definition) is 4. The Balaban J connectivity index is 1.91. The van der Waals surface area contributed by atoms with Crippen molar-refractivity contribution >= 4 is 15.9 Å². The van der Waals surface area contributed by atoms with Crippen LogP contribution in [0.4, 0.5) is 0 Å².